The second kappa shape index (κ2) is 7.39. The first-order valence-corrected chi connectivity index (χ1v) is 10.7. The number of nitrogens with one attached hydrogen (secondary N) is 1. The molecule has 6 rings (SSSR count). The van der Waals surface area contributed by atoms with Crippen LogP contribution in [0.5, 0.6) is 0 Å². The summed E-state index contributed by atoms with van der Waals surface area (Å²) >= 11 is 5.98. The summed E-state index contributed by atoms with van der Waals surface area (Å²) in [4.78, 5) is 17.7. The van der Waals surface area contributed by atoms with Crippen LogP contribution < -0.4 is 10.9 Å². The molecule has 7 nitrogen and oxygen atoms in total. The van der Waals surface area contributed by atoms with Gasteiger partial charge in [0, 0.05) is 34.4 Å². The Balaban J connectivity index is 1.38. The average molecular weight is 444 g/mol. The summed E-state index contributed by atoms with van der Waals surface area (Å²) < 4.78 is 9.46. The summed E-state index contributed by atoms with van der Waals surface area (Å²) in [6.45, 7) is 2.28. The Morgan fingerprint density at radius 3 is 2.78 bits per heavy atom. The van der Waals surface area contributed by atoms with E-state index in [4.69, 9.17) is 16.0 Å². The van der Waals surface area contributed by atoms with Gasteiger partial charge >= 0.3 is 0 Å². The summed E-state index contributed by atoms with van der Waals surface area (Å²) in [5, 5.41) is 9.90. The zero-order valence-corrected chi connectivity index (χ0v) is 17.7. The molecule has 3 aromatic heterocycles. The number of hydrogen-bond acceptors (Lipinski definition) is 5. The third-order valence-electron chi connectivity index (χ3n) is 5.66. The molecule has 0 atom stereocenters. The van der Waals surface area contributed by atoms with E-state index in [1.807, 2.05) is 47.3 Å². The molecule has 0 radical (unpaired) electrons. The summed E-state index contributed by atoms with van der Waals surface area (Å²) in [7, 11) is 0. The molecule has 1 aliphatic rings. The molecule has 1 aliphatic heterocycles. The van der Waals surface area contributed by atoms with Crippen molar-refractivity contribution in [3.63, 3.8) is 0 Å². The Hall–Kier alpha value is -3.84. The van der Waals surface area contributed by atoms with Gasteiger partial charge in [0.25, 0.3) is 5.56 Å². The summed E-state index contributed by atoms with van der Waals surface area (Å²) in [5.41, 5.74) is 3.05. The van der Waals surface area contributed by atoms with Crippen molar-refractivity contribution in [3.8, 4) is 17.0 Å². The highest BCUT2D eigenvalue weighted by Crippen LogP contribution is 2.27. The van der Waals surface area contributed by atoms with Gasteiger partial charge < -0.3 is 9.73 Å². The van der Waals surface area contributed by atoms with Crippen molar-refractivity contribution >= 4 is 39.3 Å². The lowest BCUT2D eigenvalue weighted by atomic mass is 10.1. The zero-order valence-electron chi connectivity index (χ0n) is 17.0. The largest absolute Gasteiger partial charge is 0.456 e. The average Bonchev–Trinajstić information content (AvgIpc) is 3.55. The minimum absolute atomic E-state index is 0.136. The number of rotatable bonds is 4. The molecule has 4 heterocycles. The van der Waals surface area contributed by atoms with Crippen molar-refractivity contribution in [1.82, 2.24) is 19.7 Å². The molecule has 8 heteroatoms. The maximum atomic E-state index is 13.2. The van der Waals surface area contributed by atoms with Crippen LogP contribution in [0.4, 0.5) is 0 Å². The Morgan fingerprint density at radius 2 is 1.97 bits per heavy atom. The molecule has 32 heavy (non-hydrogen) atoms. The van der Waals surface area contributed by atoms with Gasteiger partial charge in [0.05, 0.1) is 30.2 Å². The molecule has 0 aliphatic carbocycles. The first kappa shape index (κ1) is 18.9. The summed E-state index contributed by atoms with van der Waals surface area (Å²) in [6, 6.07) is 16.8. The molecular formula is C24H18ClN5O2. The standard InChI is InChI=1S/C24H18ClN5O2/c25-17-3-1-15(2-4-17)22-12-19-21(32-22)7-10-29(24(19)31)18-5-6-20-16(11-18)13-28-30(20)14-23-26-8-9-27-23/h1-7,10-13H,8-9,14H2,(H,26,27). The maximum absolute atomic E-state index is 13.2. The van der Waals surface area contributed by atoms with Gasteiger partial charge in [-0.15, -0.1) is 0 Å². The molecule has 0 unspecified atom stereocenters. The number of aromatic nitrogens is 3. The number of halogens is 1. The van der Waals surface area contributed by atoms with E-state index in [0.717, 1.165) is 41.1 Å². The van der Waals surface area contributed by atoms with Gasteiger partial charge in [-0.25, -0.2) is 0 Å². The first-order chi connectivity index (χ1) is 15.7. The van der Waals surface area contributed by atoms with Crippen LogP contribution >= 0.6 is 11.6 Å². The van der Waals surface area contributed by atoms with E-state index in [2.05, 4.69) is 15.4 Å². The smallest absolute Gasteiger partial charge is 0.266 e. The molecule has 0 amide bonds. The summed E-state index contributed by atoms with van der Waals surface area (Å²) in [5.74, 6) is 1.57. The normalized spacial score (nSPS) is 13.6. The Bertz CT molecular complexity index is 1560. The number of fused-ring (bicyclic) bond motifs is 2. The van der Waals surface area contributed by atoms with Crippen molar-refractivity contribution in [1.29, 1.82) is 0 Å². The molecule has 5 aromatic rings. The zero-order chi connectivity index (χ0) is 21.7. The number of nitrogens with zero attached hydrogens (tertiary/aromatic N) is 4. The predicted molar refractivity (Wildman–Crippen MR) is 126 cm³/mol. The molecule has 0 bridgehead atoms. The highest BCUT2D eigenvalue weighted by Gasteiger charge is 2.14. The lowest BCUT2D eigenvalue weighted by Gasteiger charge is -2.07. The number of furan rings is 1. The lowest BCUT2D eigenvalue weighted by Crippen LogP contribution is -2.24. The molecule has 158 valence electrons. The maximum Gasteiger partial charge on any atom is 0.266 e. The van der Waals surface area contributed by atoms with Crippen LogP contribution in [-0.2, 0) is 6.54 Å². The molecule has 0 saturated heterocycles. The molecule has 1 N–H and O–H groups in total. The second-order valence-corrected chi connectivity index (χ2v) is 8.12. The van der Waals surface area contributed by atoms with Crippen molar-refractivity contribution in [3.05, 3.63) is 82.4 Å². The van der Waals surface area contributed by atoms with Crippen molar-refractivity contribution in [2.75, 3.05) is 13.1 Å². The van der Waals surface area contributed by atoms with Crippen molar-refractivity contribution in [2.45, 2.75) is 6.54 Å². The van der Waals surface area contributed by atoms with Crippen LogP contribution in [0.15, 0.2) is 81.2 Å². The number of benzene rings is 2. The van der Waals surface area contributed by atoms with Crippen LogP contribution in [0.3, 0.4) is 0 Å². The van der Waals surface area contributed by atoms with Crippen molar-refractivity contribution in [2.24, 2.45) is 4.99 Å². The molecule has 2 aromatic carbocycles. The highest BCUT2D eigenvalue weighted by atomic mass is 35.5. The molecule has 0 saturated carbocycles. The van der Waals surface area contributed by atoms with Gasteiger partial charge in [0.1, 0.15) is 17.2 Å². The number of pyridine rings is 1. The topological polar surface area (TPSA) is 77.3 Å². The highest BCUT2D eigenvalue weighted by molar-refractivity contribution is 6.30. The molecular weight excluding hydrogens is 426 g/mol. The van der Waals surface area contributed by atoms with Gasteiger partial charge in [0.15, 0.2) is 0 Å². The number of aliphatic imine (C=N–C) groups is 1. The quantitative estimate of drug-likeness (QED) is 0.450. The van der Waals surface area contributed by atoms with E-state index in [1.165, 1.54) is 0 Å². The first-order valence-electron chi connectivity index (χ1n) is 10.3. The number of hydrogen-bond donors (Lipinski definition) is 1. The number of amidine groups is 1. The minimum atomic E-state index is -0.136. The fourth-order valence-corrected chi connectivity index (χ4v) is 4.17. The van der Waals surface area contributed by atoms with E-state index in [1.54, 1.807) is 29.0 Å². The SMILES string of the molecule is O=c1c2cc(-c3ccc(Cl)cc3)oc2ccn1-c1ccc2c(cnn2CC2=NCCN2)c1. The van der Waals surface area contributed by atoms with Crippen LogP contribution in [0.1, 0.15) is 0 Å². The van der Waals surface area contributed by atoms with Gasteiger partial charge in [0.2, 0.25) is 0 Å². The van der Waals surface area contributed by atoms with Gasteiger partial charge in [-0.2, -0.15) is 5.10 Å². The van der Waals surface area contributed by atoms with Gasteiger partial charge in [-0.1, -0.05) is 11.6 Å². The fraction of sp³-hybridized carbons (Fsp3) is 0.125. The van der Waals surface area contributed by atoms with E-state index in [0.29, 0.717) is 28.3 Å². The van der Waals surface area contributed by atoms with Crippen LogP contribution in [-0.4, -0.2) is 33.3 Å². The fourth-order valence-electron chi connectivity index (χ4n) is 4.04. The monoisotopic (exact) mass is 443 g/mol. The van der Waals surface area contributed by atoms with Crippen molar-refractivity contribution < 1.29 is 4.42 Å². The Morgan fingerprint density at radius 1 is 1.09 bits per heavy atom. The van der Waals surface area contributed by atoms with E-state index in [-0.39, 0.29) is 5.56 Å². The van der Waals surface area contributed by atoms with Crippen LogP contribution in [0, 0.1) is 0 Å². The Labute approximate surface area is 187 Å². The third-order valence-corrected chi connectivity index (χ3v) is 5.91. The van der Waals surface area contributed by atoms with Crippen LogP contribution in [0.2, 0.25) is 5.02 Å². The Kier molecular flexibility index (Phi) is 4.36. The molecule has 0 spiro atoms. The van der Waals surface area contributed by atoms with E-state index in [9.17, 15) is 4.79 Å². The predicted octanol–water partition coefficient (Wildman–Crippen LogP) is 4.26. The summed E-state index contributed by atoms with van der Waals surface area (Å²) in [6.07, 6.45) is 3.55. The third kappa shape index (κ3) is 3.18. The van der Waals surface area contributed by atoms with E-state index >= 15 is 0 Å². The molecule has 0 fully saturated rings. The minimum Gasteiger partial charge on any atom is -0.456 e. The lowest BCUT2D eigenvalue weighted by molar-refractivity contribution is 0.630. The van der Waals surface area contributed by atoms with Crippen LogP contribution in [0.25, 0.3) is 38.9 Å². The van der Waals surface area contributed by atoms with Gasteiger partial charge in [-0.05, 0) is 54.6 Å². The second-order valence-electron chi connectivity index (χ2n) is 7.69. The van der Waals surface area contributed by atoms with Gasteiger partial charge in [-0.3, -0.25) is 19.0 Å². The van der Waals surface area contributed by atoms with E-state index < -0.39 is 0 Å².